The van der Waals surface area contributed by atoms with E-state index in [0.29, 0.717) is 12.6 Å². The average molecular weight is 277 g/mol. The summed E-state index contributed by atoms with van der Waals surface area (Å²) in [6.45, 7) is 2.72. The van der Waals surface area contributed by atoms with Crippen molar-refractivity contribution < 1.29 is 9.84 Å². The highest BCUT2D eigenvalue weighted by Crippen LogP contribution is 2.26. The minimum Gasteiger partial charge on any atom is -0.496 e. The molecule has 0 bridgehead atoms. The third-order valence-corrected chi connectivity index (χ3v) is 4.46. The van der Waals surface area contributed by atoms with E-state index >= 15 is 0 Å². The summed E-state index contributed by atoms with van der Waals surface area (Å²) in [7, 11) is 3.81. The van der Waals surface area contributed by atoms with Gasteiger partial charge in [-0.05, 0) is 50.1 Å². The molecule has 1 unspecified atom stereocenters. The van der Waals surface area contributed by atoms with Gasteiger partial charge in [0.25, 0.3) is 0 Å². The highest BCUT2D eigenvalue weighted by atomic mass is 16.5. The van der Waals surface area contributed by atoms with E-state index in [1.807, 2.05) is 25.1 Å². The first-order chi connectivity index (χ1) is 9.61. The summed E-state index contributed by atoms with van der Waals surface area (Å²) in [4.78, 5) is 2.32. The van der Waals surface area contributed by atoms with Crippen LogP contribution in [0.4, 0.5) is 0 Å². The van der Waals surface area contributed by atoms with Crippen LogP contribution in [0.5, 0.6) is 5.75 Å². The Balaban J connectivity index is 1.96. The molecule has 1 N–H and O–H groups in total. The molecule has 1 aromatic carbocycles. The summed E-state index contributed by atoms with van der Waals surface area (Å²) < 4.78 is 5.26. The first kappa shape index (κ1) is 15.3. The monoisotopic (exact) mass is 277 g/mol. The standard InChI is InChI=1S/C17H27NO2/c1-13-11-14(9-10-17(13)20-3)16(19)12-18(2)15-7-5-4-6-8-15/h9-11,15-16,19H,4-8,12H2,1-3H3. The number of likely N-dealkylation sites (N-methyl/N-ethyl adjacent to an activating group) is 1. The van der Waals surface area contributed by atoms with Gasteiger partial charge >= 0.3 is 0 Å². The third kappa shape index (κ3) is 3.74. The van der Waals surface area contributed by atoms with Crippen LogP contribution in [0.25, 0.3) is 0 Å². The number of nitrogens with zero attached hydrogens (tertiary/aromatic N) is 1. The summed E-state index contributed by atoms with van der Waals surface area (Å²) in [5, 5.41) is 10.4. The summed E-state index contributed by atoms with van der Waals surface area (Å²) in [6.07, 6.45) is 6.13. The molecular weight excluding hydrogens is 250 g/mol. The second-order valence-corrected chi connectivity index (χ2v) is 5.98. The van der Waals surface area contributed by atoms with Crippen molar-refractivity contribution in [1.29, 1.82) is 0 Å². The molecule has 0 aliphatic heterocycles. The molecule has 0 saturated heterocycles. The molecule has 0 spiro atoms. The number of aliphatic hydroxyl groups is 1. The second kappa shape index (κ2) is 7.09. The Labute approximate surface area is 122 Å². The zero-order chi connectivity index (χ0) is 14.5. The van der Waals surface area contributed by atoms with Crippen molar-refractivity contribution in [3.63, 3.8) is 0 Å². The molecule has 1 fully saturated rings. The number of benzene rings is 1. The number of hydrogen-bond donors (Lipinski definition) is 1. The fraction of sp³-hybridized carbons (Fsp3) is 0.647. The van der Waals surface area contributed by atoms with Crippen LogP contribution in [0.1, 0.15) is 49.3 Å². The Kier molecular flexibility index (Phi) is 5.44. The largest absolute Gasteiger partial charge is 0.496 e. The van der Waals surface area contributed by atoms with E-state index in [1.165, 1.54) is 32.1 Å². The van der Waals surface area contributed by atoms with E-state index in [9.17, 15) is 5.11 Å². The summed E-state index contributed by atoms with van der Waals surface area (Å²) in [5.74, 6) is 0.876. The maximum atomic E-state index is 10.4. The Morgan fingerprint density at radius 1 is 1.30 bits per heavy atom. The molecule has 0 amide bonds. The van der Waals surface area contributed by atoms with Crippen LogP contribution in [0.15, 0.2) is 18.2 Å². The normalized spacial score (nSPS) is 18.2. The van der Waals surface area contributed by atoms with E-state index in [1.54, 1.807) is 7.11 Å². The highest BCUT2D eigenvalue weighted by Gasteiger charge is 2.20. The van der Waals surface area contributed by atoms with Gasteiger partial charge < -0.3 is 14.7 Å². The van der Waals surface area contributed by atoms with E-state index < -0.39 is 6.10 Å². The minimum absolute atomic E-state index is 0.425. The maximum Gasteiger partial charge on any atom is 0.121 e. The number of hydrogen-bond acceptors (Lipinski definition) is 3. The number of aryl methyl sites for hydroxylation is 1. The molecule has 1 aliphatic rings. The Bertz CT molecular complexity index is 427. The van der Waals surface area contributed by atoms with Gasteiger partial charge in [-0.1, -0.05) is 25.3 Å². The molecule has 1 atom stereocenters. The predicted octanol–water partition coefficient (Wildman–Crippen LogP) is 3.30. The van der Waals surface area contributed by atoms with E-state index in [-0.39, 0.29) is 0 Å². The van der Waals surface area contributed by atoms with Crippen LogP contribution in [0, 0.1) is 6.92 Å². The zero-order valence-electron chi connectivity index (χ0n) is 12.9. The van der Waals surface area contributed by atoms with Crippen LogP contribution in [0.2, 0.25) is 0 Å². The van der Waals surface area contributed by atoms with E-state index in [0.717, 1.165) is 16.9 Å². The average Bonchev–Trinajstić information content (AvgIpc) is 2.48. The molecule has 2 rings (SSSR count). The maximum absolute atomic E-state index is 10.4. The topological polar surface area (TPSA) is 32.7 Å². The van der Waals surface area contributed by atoms with Crippen LogP contribution in [-0.2, 0) is 0 Å². The minimum atomic E-state index is -0.425. The predicted molar refractivity (Wildman–Crippen MR) is 82.2 cm³/mol. The van der Waals surface area contributed by atoms with Crippen LogP contribution >= 0.6 is 0 Å². The van der Waals surface area contributed by atoms with Crippen molar-refractivity contribution in [2.24, 2.45) is 0 Å². The van der Waals surface area contributed by atoms with Gasteiger partial charge in [0.1, 0.15) is 5.75 Å². The van der Waals surface area contributed by atoms with Gasteiger partial charge in [-0.15, -0.1) is 0 Å². The van der Waals surface area contributed by atoms with Crippen molar-refractivity contribution in [3.05, 3.63) is 29.3 Å². The van der Waals surface area contributed by atoms with Crippen molar-refractivity contribution in [2.45, 2.75) is 51.2 Å². The summed E-state index contributed by atoms with van der Waals surface area (Å²) in [5.41, 5.74) is 2.05. The van der Waals surface area contributed by atoms with Gasteiger partial charge in [-0.2, -0.15) is 0 Å². The molecular formula is C17H27NO2. The molecule has 1 aromatic rings. The summed E-state index contributed by atoms with van der Waals surface area (Å²) in [6, 6.07) is 6.57. The lowest BCUT2D eigenvalue weighted by atomic mass is 9.94. The molecule has 20 heavy (non-hydrogen) atoms. The van der Waals surface area contributed by atoms with Gasteiger partial charge in [0.15, 0.2) is 0 Å². The second-order valence-electron chi connectivity index (χ2n) is 5.98. The van der Waals surface area contributed by atoms with Crippen LogP contribution in [0.3, 0.4) is 0 Å². The lowest BCUT2D eigenvalue weighted by Gasteiger charge is -2.32. The van der Waals surface area contributed by atoms with Crippen molar-refractivity contribution in [2.75, 3.05) is 20.7 Å². The smallest absolute Gasteiger partial charge is 0.121 e. The van der Waals surface area contributed by atoms with Crippen molar-refractivity contribution in [1.82, 2.24) is 4.90 Å². The molecule has 1 saturated carbocycles. The van der Waals surface area contributed by atoms with Crippen LogP contribution < -0.4 is 4.74 Å². The molecule has 3 nitrogen and oxygen atoms in total. The van der Waals surface area contributed by atoms with E-state index in [2.05, 4.69) is 11.9 Å². The van der Waals surface area contributed by atoms with Gasteiger partial charge in [0.05, 0.1) is 13.2 Å². The number of aliphatic hydroxyl groups excluding tert-OH is 1. The summed E-state index contributed by atoms with van der Waals surface area (Å²) >= 11 is 0. The third-order valence-electron chi connectivity index (χ3n) is 4.46. The first-order valence-electron chi connectivity index (χ1n) is 7.64. The fourth-order valence-corrected chi connectivity index (χ4v) is 3.16. The lowest BCUT2D eigenvalue weighted by molar-refractivity contribution is 0.0913. The fourth-order valence-electron chi connectivity index (χ4n) is 3.16. The van der Waals surface area contributed by atoms with E-state index in [4.69, 9.17) is 4.74 Å². The van der Waals surface area contributed by atoms with Gasteiger partial charge in [-0.3, -0.25) is 0 Å². The quantitative estimate of drug-likeness (QED) is 0.896. The van der Waals surface area contributed by atoms with Gasteiger partial charge in [0, 0.05) is 12.6 Å². The first-order valence-corrected chi connectivity index (χ1v) is 7.64. The highest BCUT2D eigenvalue weighted by molar-refractivity contribution is 5.37. The molecule has 0 heterocycles. The van der Waals surface area contributed by atoms with Crippen LogP contribution in [-0.4, -0.2) is 36.8 Å². The number of ether oxygens (including phenoxy) is 1. The number of methoxy groups -OCH3 is 1. The van der Waals surface area contributed by atoms with Crippen molar-refractivity contribution in [3.8, 4) is 5.75 Å². The SMILES string of the molecule is COc1ccc(C(O)CN(C)C2CCCCC2)cc1C. The van der Waals surface area contributed by atoms with Gasteiger partial charge in [0.2, 0.25) is 0 Å². The Morgan fingerprint density at radius 2 is 2.00 bits per heavy atom. The molecule has 0 radical (unpaired) electrons. The zero-order valence-corrected chi connectivity index (χ0v) is 12.9. The van der Waals surface area contributed by atoms with Crippen molar-refractivity contribution >= 4 is 0 Å². The van der Waals surface area contributed by atoms with Gasteiger partial charge in [-0.25, -0.2) is 0 Å². The molecule has 0 aromatic heterocycles. The molecule has 3 heteroatoms. The molecule has 112 valence electrons. The lowest BCUT2D eigenvalue weighted by Crippen LogP contribution is -2.36. The Morgan fingerprint density at radius 3 is 2.60 bits per heavy atom. The number of rotatable bonds is 5. The molecule has 1 aliphatic carbocycles. The Hall–Kier alpha value is -1.06.